The monoisotopic (exact) mass is 388 g/mol. The Morgan fingerprint density at radius 2 is 1.24 bits per heavy atom. The summed E-state index contributed by atoms with van der Waals surface area (Å²) in [6, 6.07) is 17.7. The molecule has 142 valence electrons. The summed E-state index contributed by atoms with van der Waals surface area (Å²) in [6.45, 7) is 0. The minimum Gasteiger partial charge on any atom is -0.507 e. The first-order valence-electron chi connectivity index (χ1n) is 8.45. The lowest BCUT2D eigenvalue weighted by Gasteiger charge is -2.09. The van der Waals surface area contributed by atoms with Crippen molar-refractivity contribution in [3.63, 3.8) is 0 Å². The summed E-state index contributed by atoms with van der Waals surface area (Å²) in [4.78, 5) is 20.9. The Morgan fingerprint density at radius 3 is 1.76 bits per heavy atom. The minimum absolute atomic E-state index is 0.0940. The Hall–Kier alpha value is -4.40. The van der Waals surface area contributed by atoms with E-state index in [9.17, 15) is 25.3 Å². The number of aromatic hydroxyl groups is 1. The molecular formula is C20H12N4O5. The molecule has 0 saturated heterocycles. The molecule has 0 unspecified atom stereocenters. The molecule has 0 radical (unpaired) electrons. The van der Waals surface area contributed by atoms with Gasteiger partial charge in [-0.3, -0.25) is 20.2 Å². The second kappa shape index (κ2) is 6.97. The topological polar surface area (TPSA) is 131 Å². The maximum absolute atomic E-state index is 11.4. The van der Waals surface area contributed by atoms with Gasteiger partial charge >= 0.3 is 11.4 Å². The van der Waals surface area contributed by atoms with E-state index in [4.69, 9.17) is 0 Å². The zero-order valence-corrected chi connectivity index (χ0v) is 14.7. The highest BCUT2D eigenvalue weighted by molar-refractivity contribution is 6.14. The number of azo groups is 1. The van der Waals surface area contributed by atoms with E-state index in [0.29, 0.717) is 27.2 Å². The molecule has 9 nitrogen and oxygen atoms in total. The van der Waals surface area contributed by atoms with Gasteiger partial charge in [0.2, 0.25) is 0 Å². The van der Waals surface area contributed by atoms with Crippen LogP contribution in [0.4, 0.5) is 22.7 Å². The molecule has 1 N–H and O–H groups in total. The molecule has 0 fully saturated rings. The molecule has 29 heavy (non-hydrogen) atoms. The van der Waals surface area contributed by atoms with E-state index in [2.05, 4.69) is 10.2 Å². The maximum Gasteiger partial charge on any atom is 0.373 e. The van der Waals surface area contributed by atoms with Crippen molar-refractivity contribution in [2.75, 3.05) is 0 Å². The van der Waals surface area contributed by atoms with Crippen LogP contribution in [0.25, 0.3) is 21.5 Å². The van der Waals surface area contributed by atoms with E-state index in [0.717, 1.165) is 6.07 Å². The van der Waals surface area contributed by atoms with Crippen LogP contribution in [0.3, 0.4) is 0 Å². The Labute approximate surface area is 162 Å². The second-order valence-corrected chi connectivity index (χ2v) is 6.15. The number of nitro benzene ring substituents is 2. The molecule has 0 aliphatic rings. The molecule has 0 aliphatic carbocycles. The fourth-order valence-corrected chi connectivity index (χ4v) is 3.23. The first-order chi connectivity index (χ1) is 14.0. The van der Waals surface area contributed by atoms with Crippen molar-refractivity contribution >= 4 is 44.3 Å². The fraction of sp³-hybridized carbons (Fsp3) is 0. The van der Waals surface area contributed by atoms with Crippen molar-refractivity contribution in [1.82, 2.24) is 0 Å². The molecule has 0 bridgehead atoms. The maximum atomic E-state index is 11.4. The van der Waals surface area contributed by atoms with E-state index in [1.165, 1.54) is 12.1 Å². The van der Waals surface area contributed by atoms with Gasteiger partial charge in [-0.05, 0) is 6.07 Å². The van der Waals surface area contributed by atoms with Gasteiger partial charge in [0.05, 0.1) is 9.85 Å². The molecule has 0 aromatic heterocycles. The van der Waals surface area contributed by atoms with Crippen LogP contribution in [-0.4, -0.2) is 15.0 Å². The van der Waals surface area contributed by atoms with Crippen molar-refractivity contribution in [3.8, 4) is 5.75 Å². The first-order valence-corrected chi connectivity index (χ1v) is 8.45. The number of nitro groups is 2. The van der Waals surface area contributed by atoms with Gasteiger partial charge in [-0.15, -0.1) is 10.2 Å². The molecule has 0 saturated carbocycles. The molecule has 0 spiro atoms. The molecule has 0 aliphatic heterocycles. The number of hydrogen-bond donors (Lipinski definition) is 1. The number of hydrogen-bond acceptors (Lipinski definition) is 7. The van der Waals surface area contributed by atoms with Gasteiger partial charge in [0.1, 0.15) is 11.4 Å². The molecule has 4 aromatic rings. The van der Waals surface area contributed by atoms with Gasteiger partial charge in [0.25, 0.3) is 0 Å². The van der Waals surface area contributed by atoms with E-state index in [1.807, 2.05) is 0 Å². The van der Waals surface area contributed by atoms with E-state index in [-0.39, 0.29) is 11.4 Å². The second-order valence-electron chi connectivity index (χ2n) is 6.15. The smallest absolute Gasteiger partial charge is 0.373 e. The standard InChI is InChI=1S/C20H12N4O5/c25-20-14-8-3-1-6-12(14)18(13-7-2-4-9-15(13)20)22-21-16-10-5-11-17(23(26)27)19(16)24(28)29/h1-11,25H. The molecule has 0 amide bonds. The van der Waals surface area contributed by atoms with Crippen molar-refractivity contribution in [1.29, 1.82) is 0 Å². The zero-order chi connectivity index (χ0) is 20.5. The molecule has 0 heterocycles. The third-order valence-corrected chi connectivity index (χ3v) is 4.51. The van der Waals surface area contributed by atoms with Gasteiger partial charge in [-0.2, -0.15) is 0 Å². The normalized spacial score (nSPS) is 11.3. The molecule has 4 aromatic carbocycles. The van der Waals surface area contributed by atoms with Gasteiger partial charge in [0.15, 0.2) is 5.69 Å². The van der Waals surface area contributed by atoms with Crippen LogP contribution in [0.2, 0.25) is 0 Å². The minimum atomic E-state index is -0.848. The Kier molecular flexibility index (Phi) is 4.32. The predicted octanol–water partition coefficient (Wildman–Crippen LogP) is 5.93. The highest BCUT2D eigenvalue weighted by Crippen LogP contribution is 2.43. The number of phenols is 1. The quantitative estimate of drug-likeness (QED) is 0.200. The van der Waals surface area contributed by atoms with Crippen molar-refractivity contribution in [2.24, 2.45) is 10.2 Å². The van der Waals surface area contributed by atoms with Crippen molar-refractivity contribution < 1.29 is 15.0 Å². The Morgan fingerprint density at radius 1 is 0.690 bits per heavy atom. The van der Waals surface area contributed by atoms with Gasteiger partial charge in [-0.1, -0.05) is 54.6 Å². The van der Waals surface area contributed by atoms with Crippen LogP contribution in [-0.2, 0) is 0 Å². The van der Waals surface area contributed by atoms with Gasteiger partial charge < -0.3 is 5.11 Å². The van der Waals surface area contributed by atoms with Crippen molar-refractivity contribution in [3.05, 3.63) is 87.0 Å². The van der Waals surface area contributed by atoms with Crippen LogP contribution >= 0.6 is 0 Å². The third kappa shape index (κ3) is 3.00. The highest BCUT2D eigenvalue weighted by atomic mass is 16.6. The average molecular weight is 388 g/mol. The summed E-state index contributed by atoms with van der Waals surface area (Å²) >= 11 is 0. The van der Waals surface area contributed by atoms with Crippen molar-refractivity contribution in [2.45, 2.75) is 0 Å². The summed E-state index contributed by atoms with van der Waals surface area (Å²) < 4.78 is 0. The number of benzene rings is 4. The van der Waals surface area contributed by atoms with Gasteiger partial charge in [-0.25, -0.2) is 0 Å². The molecule has 4 rings (SSSR count). The number of rotatable bonds is 4. The van der Waals surface area contributed by atoms with E-state index in [1.54, 1.807) is 48.5 Å². The molecular weight excluding hydrogens is 376 g/mol. The lowest BCUT2D eigenvalue weighted by atomic mass is 10.00. The van der Waals surface area contributed by atoms with Crippen LogP contribution < -0.4 is 0 Å². The summed E-state index contributed by atoms with van der Waals surface area (Å²) in [5.74, 6) is 0.0940. The Balaban J connectivity index is 1.99. The summed E-state index contributed by atoms with van der Waals surface area (Å²) in [5.41, 5.74) is -1.22. The first kappa shape index (κ1) is 18.0. The van der Waals surface area contributed by atoms with E-state index >= 15 is 0 Å². The summed E-state index contributed by atoms with van der Waals surface area (Å²) in [5, 5.41) is 43.6. The van der Waals surface area contributed by atoms with E-state index < -0.39 is 21.2 Å². The highest BCUT2D eigenvalue weighted by Gasteiger charge is 2.28. The largest absolute Gasteiger partial charge is 0.507 e. The van der Waals surface area contributed by atoms with Gasteiger partial charge in [0, 0.05) is 27.6 Å². The van der Waals surface area contributed by atoms with Crippen LogP contribution in [0.15, 0.2) is 77.0 Å². The number of fused-ring (bicyclic) bond motifs is 2. The van der Waals surface area contributed by atoms with Crippen LogP contribution in [0.5, 0.6) is 5.75 Å². The third-order valence-electron chi connectivity index (χ3n) is 4.51. The average Bonchev–Trinajstić information content (AvgIpc) is 2.73. The molecule has 9 heteroatoms. The lowest BCUT2D eigenvalue weighted by Crippen LogP contribution is -1.96. The number of phenolic OH excluding ortho intramolecular Hbond substituents is 1. The van der Waals surface area contributed by atoms with Crippen LogP contribution in [0.1, 0.15) is 0 Å². The zero-order valence-electron chi connectivity index (χ0n) is 14.7. The summed E-state index contributed by atoms with van der Waals surface area (Å²) in [7, 11) is 0. The van der Waals surface area contributed by atoms with Crippen LogP contribution in [0, 0.1) is 20.2 Å². The number of para-hydroxylation sites is 1. The number of nitrogens with zero attached hydrogens (tertiary/aromatic N) is 4. The summed E-state index contributed by atoms with van der Waals surface area (Å²) in [6.07, 6.45) is 0. The SMILES string of the molecule is O=[N+]([O-])c1cccc(N=Nc2c3ccccc3c(O)c3ccccc23)c1[N+](=O)[O-]. The lowest BCUT2D eigenvalue weighted by molar-refractivity contribution is -0.421. The molecule has 0 atom stereocenters. The fourth-order valence-electron chi connectivity index (χ4n) is 3.23. The Bertz CT molecular complexity index is 1280. The predicted molar refractivity (Wildman–Crippen MR) is 107 cm³/mol.